The van der Waals surface area contributed by atoms with Crippen LogP contribution in [-0.4, -0.2) is 56.8 Å². The molecule has 0 aromatic heterocycles. The smallest absolute Gasteiger partial charge is 0.243 e. The molecule has 1 amide bonds. The Morgan fingerprint density at radius 1 is 1.07 bits per heavy atom. The Kier molecular flexibility index (Phi) is 5.16. The van der Waals surface area contributed by atoms with Crippen LogP contribution in [0.2, 0.25) is 0 Å². The molecular formula is C20H28N2O4S. The zero-order chi connectivity index (χ0) is 19.0. The predicted molar refractivity (Wildman–Crippen MR) is 102 cm³/mol. The van der Waals surface area contributed by atoms with E-state index in [0.29, 0.717) is 44.3 Å². The van der Waals surface area contributed by atoms with Crippen LogP contribution in [0.1, 0.15) is 32.1 Å². The van der Waals surface area contributed by atoms with Crippen molar-refractivity contribution in [1.82, 2.24) is 9.21 Å². The lowest BCUT2D eigenvalue weighted by atomic mass is 9.86. The van der Waals surface area contributed by atoms with Gasteiger partial charge in [-0.2, -0.15) is 4.31 Å². The van der Waals surface area contributed by atoms with Crippen LogP contribution in [0, 0.1) is 17.8 Å². The average Bonchev–Trinajstić information content (AvgIpc) is 3.31. The summed E-state index contributed by atoms with van der Waals surface area (Å²) < 4.78 is 32.2. The third kappa shape index (κ3) is 3.72. The summed E-state index contributed by atoms with van der Waals surface area (Å²) in [5, 5.41) is 0. The number of hydrogen-bond donors (Lipinski definition) is 0. The van der Waals surface area contributed by atoms with Gasteiger partial charge in [0.25, 0.3) is 0 Å². The van der Waals surface area contributed by atoms with Gasteiger partial charge in [0.1, 0.15) is 5.75 Å². The zero-order valence-corrected chi connectivity index (χ0v) is 16.7. The third-order valence-electron chi connectivity index (χ3n) is 6.61. The fraction of sp³-hybridized carbons (Fsp3) is 0.650. The number of ether oxygens (including phenoxy) is 1. The van der Waals surface area contributed by atoms with Crippen molar-refractivity contribution in [3.05, 3.63) is 24.3 Å². The number of piperazine rings is 1. The third-order valence-corrected chi connectivity index (χ3v) is 8.52. The zero-order valence-electron chi connectivity index (χ0n) is 15.8. The lowest BCUT2D eigenvalue weighted by Crippen LogP contribution is -2.50. The maximum atomic E-state index is 12.8. The normalized spacial score (nSPS) is 28.5. The molecule has 0 unspecified atom stereocenters. The Hall–Kier alpha value is -1.60. The molecule has 148 valence electrons. The van der Waals surface area contributed by atoms with Crippen molar-refractivity contribution in [1.29, 1.82) is 0 Å². The van der Waals surface area contributed by atoms with E-state index in [0.717, 1.165) is 11.8 Å². The number of carbonyl (C=O) groups is 1. The molecule has 0 N–H and O–H groups in total. The lowest BCUT2D eigenvalue weighted by Gasteiger charge is -2.35. The number of amides is 1. The van der Waals surface area contributed by atoms with E-state index in [-0.39, 0.29) is 10.8 Å². The maximum absolute atomic E-state index is 12.8. The van der Waals surface area contributed by atoms with Gasteiger partial charge in [-0.05, 0) is 61.3 Å². The quantitative estimate of drug-likeness (QED) is 0.772. The predicted octanol–water partition coefficient (Wildman–Crippen LogP) is 2.35. The molecule has 2 bridgehead atoms. The Balaban J connectivity index is 1.33. The van der Waals surface area contributed by atoms with E-state index < -0.39 is 10.0 Å². The van der Waals surface area contributed by atoms with Crippen molar-refractivity contribution in [2.45, 2.75) is 37.0 Å². The highest BCUT2D eigenvalue weighted by atomic mass is 32.2. The van der Waals surface area contributed by atoms with Crippen LogP contribution in [0.15, 0.2) is 29.2 Å². The largest absolute Gasteiger partial charge is 0.497 e. The van der Waals surface area contributed by atoms with E-state index in [4.69, 9.17) is 4.74 Å². The molecule has 4 rings (SSSR count). The summed E-state index contributed by atoms with van der Waals surface area (Å²) in [7, 11) is -1.97. The van der Waals surface area contributed by atoms with Gasteiger partial charge >= 0.3 is 0 Å². The first-order chi connectivity index (χ1) is 13.0. The van der Waals surface area contributed by atoms with Gasteiger partial charge in [-0.1, -0.05) is 6.42 Å². The van der Waals surface area contributed by atoms with Crippen LogP contribution in [0.5, 0.6) is 5.75 Å². The number of benzene rings is 1. The topological polar surface area (TPSA) is 66.9 Å². The summed E-state index contributed by atoms with van der Waals surface area (Å²) in [5.41, 5.74) is 0. The molecule has 3 aliphatic rings. The Morgan fingerprint density at radius 2 is 1.78 bits per heavy atom. The highest BCUT2D eigenvalue weighted by molar-refractivity contribution is 7.89. The SMILES string of the molecule is COc1ccc(S(=O)(=O)N2CCN(C(=O)C[C@@H]3C[C@H]4CC[C@@H]3C4)CC2)cc1. The van der Waals surface area contributed by atoms with Crippen molar-refractivity contribution in [2.75, 3.05) is 33.3 Å². The number of hydrogen-bond acceptors (Lipinski definition) is 4. The van der Waals surface area contributed by atoms with E-state index in [1.807, 2.05) is 4.90 Å². The average molecular weight is 393 g/mol. The molecule has 3 atom stereocenters. The molecule has 1 aromatic carbocycles. The van der Waals surface area contributed by atoms with Gasteiger partial charge in [0.05, 0.1) is 12.0 Å². The van der Waals surface area contributed by atoms with Gasteiger partial charge in [-0.15, -0.1) is 0 Å². The van der Waals surface area contributed by atoms with Crippen LogP contribution < -0.4 is 4.74 Å². The highest BCUT2D eigenvalue weighted by Crippen LogP contribution is 2.49. The fourth-order valence-corrected chi connectivity index (χ4v) is 6.48. The summed E-state index contributed by atoms with van der Waals surface area (Å²) in [4.78, 5) is 14.8. The van der Waals surface area contributed by atoms with Gasteiger partial charge in [0, 0.05) is 32.6 Å². The lowest BCUT2D eigenvalue weighted by molar-refractivity contribution is -0.133. The number of carbonyl (C=O) groups excluding carboxylic acids is 1. The van der Waals surface area contributed by atoms with Crippen LogP contribution in [0.3, 0.4) is 0 Å². The molecular weight excluding hydrogens is 364 g/mol. The number of sulfonamides is 1. The number of methoxy groups -OCH3 is 1. The number of nitrogens with zero attached hydrogens (tertiary/aromatic N) is 2. The van der Waals surface area contributed by atoms with Crippen molar-refractivity contribution >= 4 is 15.9 Å². The molecule has 1 heterocycles. The summed E-state index contributed by atoms with van der Waals surface area (Å²) >= 11 is 0. The molecule has 2 aliphatic carbocycles. The molecule has 1 aliphatic heterocycles. The number of fused-ring (bicyclic) bond motifs is 2. The first kappa shape index (κ1) is 18.7. The first-order valence-electron chi connectivity index (χ1n) is 9.89. The first-order valence-corrected chi connectivity index (χ1v) is 11.3. The van der Waals surface area contributed by atoms with E-state index in [1.54, 1.807) is 31.4 Å². The minimum atomic E-state index is -3.53. The molecule has 0 spiro atoms. The van der Waals surface area contributed by atoms with E-state index in [2.05, 4.69) is 0 Å². The van der Waals surface area contributed by atoms with Crippen LogP contribution in [0.25, 0.3) is 0 Å². The molecule has 1 aromatic rings. The number of rotatable bonds is 5. The maximum Gasteiger partial charge on any atom is 0.243 e. The van der Waals surface area contributed by atoms with Gasteiger partial charge in [0.2, 0.25) is 15.9 Å². The van der Waals surface area contributed by atoms with Crippen molar-refractivity contribution in [2.24, 2.45) is 17.8 Å². The molecule has 3 fully saturated rings. The van der Waals surface area contributed by atoms with E-state index in [1.165, 1.54) is 30.0 Å². The van der Waals surface area contributed by atoms with Crippen LogP contribution in [-0.2, 0) is 14.8 Å². The summed E-state index contributed by atoms with van der Waals surface area (Å²) in [6, 6.07) is 6.45. The Morgan fingerprint density at radius 3 is 2.33 bits per heavy atom. The molecule has 1 saturated heterocycles. The van der Waals surface area contributed by atoms with Gasteiger partial charge in [0.15, 0.2) is 0 Å². The van der Waals surface area contributed by atoms with Gasteiger partial charge < -0.3 is 9.64 Å². The Bertz CT molecular complexity index is 785. The van der Waals surface area contributed by atoms with Gasteiger partial charge in [-0.25, -0.2) is 8.42 Å². The second-order valence-electron chi connectivity index (χ2n) is 8.10. The fourth-order valence-electron chi connectivity index (χ4n) is 5.05. The van der Waals surface area contributed by atoms with Crippen LogP contribution >= 0.6 is 0 Å². The highest BCUT2D eigenvalue weighted by Gasteiger charge is 2.41. The summed E-state index contributed by atoms with van der Waals surface area (Å²) in [6.07, 6.45) is 5.80. The molecule has 2 saturated carbocycles. The van der Waals surface area contributed by atoms with Crippen molar-refractivity contribution in [3.8, 4) is 5.75 Å². The van der Waals surface area contributed by atoms with Gasteiger partial charge in [-0.3, -0.25) is 4.79 Å². The van der Waals surface area contributed by atoms with Crippen molar-refractivity contribution < 1.29 is 17.9 Å². The van der Waals surface area contributed by atoms with Crippen molar-refractivity contribution in [3.63, 3.8) is 0 Å². The minimum Gasteiger partial charge on any atom is -0.497 e. The molecule has 27 heavy (non-hydrogen) atoms. The minimum absolute atomic E-state index is 0.203. The summed E-state index contributed by atoms with van der Waals surface area (Å²) in [5.74, 6) is 2.98. The van der Waals surface area contributed by atoms with E-state index >= 15 is 0 Å². The standard InChI is InChI=1S/C20H28N2O4S/c1-26-18-4-6-19(7-5-18)27(24,25)22-10-8-21(9-11-22)20(23)14-17-13-15-2-3-16(17)12-15/h4-7,15-17H,2-3,8-14H2,1H3/t15-,16+,17-/m0/s1. The molecule has 0 radical (unpaired) electrons. The van der Waals surface area contributed by atoms with E-state index in [9.17, 15) is 13.2 Å². The molecule has 7 heteroatoms. The second-order valence-corrected chi connectivity index (χ2v) is 10.0. The second kappa shape index (κ2) is 7.43. The molecule has 6 nitrogen and oxygen atoms in total. The van der Waals surface area contributed by atoms with Crippen LogP contribution in [0.4, 0.5) is 0 Å². The summed E-state index contributed by atoms with van der Waals surface area (Å²) in [6.45, 7) is 1.68. The Labute approximate surface area is 161 Å². The monoisotopic (exact) mass is 392 g/mol.